The number of aliphatic hydroxyl groups excluding tert-OH is 1. The van der Waals surface area contributed by atoms with Crippen LogP contribution in [0.25, 0.3) is 10.9 Å². The molecule has 20 heavy (non-hydrogen) atoms. The van der Waals surface area contributed by atoms with E-state index in [-0.39, 0.29) is 12.0 Å². The smallest absolute Gasteiger partial charge is 0.227 e. The van der Waals surface area contributed by atoms with E-state index < -0.39 is 0 Å². The quantitative estimate of drug-likeness (QED) is 0.878. The molecule has 0 saturated carbocycles. The Balaban J connectivity index is 1.82. The average Bonchev–Trinajstić information content (AvgIpc) is 2.75. The molecule has 2 N–H and O–H groups in total. The van der Waals surface area contributed by atoms with Crippen molar-refractivity contribution in [3.05, 3.63) is 35.5 Å². The number of likely N-dealkylation sites (tertiary alicyclic amines) is 1. The van der Waals surface area contributed by atoms with E-state index >= 15 is 0 Å². The number of carbonyl (C=O) groups is 1. The van der Waals surface area contributed by atoms with E-state index in [9.17, 15) is 9.90 Å². The number of amides is 1. The van der Waals surface area contributed by atoms with Crippen molar-refractivity contribution in [1.29, 1.82) is 0 Å². The summed E-state index contributed by atoms with van der Waals surface area (Å²) in [7, 11) is 0. The fourth-order valence-corrected chi connectivity index (χ4v) is 3.01. The molecule has 1 aliphatic rings. The van der Waals surface area contributed by atoms with Gasteiger partial charge in [-0.15, -0.1) is 0 Å². The third-order valence-electron chi connectivity index (χ3n) is 4.10. The summed E-state index contributed by atoms with van der Waals surface area (Å²) >= 11 is 0. The van der Waals surface area contributed by atoms with Crippen LogP contribution >= 0.6 is 0 Å². The van der Waals surface area contributed by atoms with Crippen LogP contribution in [0.2, 0.25) is 0 Å². The normalized spacial score (nSPS) is 19.5. The summed E-state index contributed by atoms with van der Waals surface area (Å²) in [5.74, 6) is 0.108. The van der Waals surface area contributed by atoms with Gasteiger partial charge in [-0.3, -0.25) is 4.79 Å². The van der Waals surface area contributed by atoms with E-state index in [2.05, 4.69) is 4.98 Å². The molecule has 1 saturated heterocycles. The molecule has 1 fully saturated rings. The summed E-state index contributed by atoms with van der Waals surface area (Å²) in [5.41, 5.74) is 3.20. The van der Waals surface area contributed by atoms with Gasteiger partial charge in [0.15, 0.2) is 0 Å². The van der Waals surface area contributed by atoms with Crippen molar-refractivity contribution >= 4 is 16.8 Å². The molecule has 0 spiro atoms. The van der Waals surface area contributed by atoms with E-state index in [4.69, 9.17) is 0 Å². The zero-order valence-electron chi connectivity index (χ0n) is 11.7. The first-order valence-electron chi connectivity index (χ1n) is 7.17. The van der Waals surface area contributed by atoms with Crippen molar-refractivity contribution in [3.8, 4) is 0 Å². The summed E-state index contributed by atoms with van der Waals surface area (Å²) in [5, 5.41) is 10.8. The topological polar surface area (TPSA) is 56.3 Å². The number of para-hydroxylation sites is 1. The highest BCUT2D eigenvalue weighted by molar-refractivity contribution is 5.90. The number of hydrogen-bond donors (Lipinski definition) is 2. The van der Waals surface area contributed by atoms with Gasteiger partial charge >= 0.3 is 0 Å². The van der Waals surface area contributed by atoms with Gasteiger partial charge in [-0.25, -0.2) is 0 Å². The maximum atomic E-state index is 12.4. The Morgan fingerprint density at radius 1 is 1.45 bits per heavy atom. The van der Waals surface area contributed by atoms with Gasteiger partial charge in [0.2, 0.25) is 5.91 Å². The number of nitrogens with zero attached hydrogens (tertiary/aromatic N) is 1. The Kier molecular flexibility index (Phi) is 3.49. The SMILES string of the molecule is Cc1[nH]c2ccccc2c1CC(=O)N1CCCC(O)C1. The van der Waals surface area contributed by atoms with Crippen LogP contribution in [0.3, 0.4) is 0 Å². The zero-order valence-corrected chi connectivity index (χ0v) is 11.7. The summed E-state index contributed by atoms with van der Waals surface area (Å²) in [6.07, 6.45) is 1.73. The lowest BCUT2D eigenvalue weighted by atomic mass is 10.0. The molecule has 1 aromatic heterocycles. The van der Waals surface area contributed by atoms with Crippen molar-refractivity contribution < 1.29 is 9.90 Å². The standard InChI is InChI=1S/C16H20N2O2/c1-11-14(13-6-2-3-7-15(13)17-11)9-16(20)18-8-4-5-12(19)10-18/h2-3,6-7,12,17,19H,4-5,8-10H2,1H3. The molecule has 0 radical (unpaired) electrons. The molecule has 1 unspecified atom stereocenters. The molecular formula is C16H20N2O2. The van der Waals surface area contributed by atoms with Gasteiger partial charge in [0, 0.05) is 29.7 Å². The molecule has 1 aliphatic heterocycles. The molecule has 4 nitrogen and oxygen atoms in total. The number of aromatic nitrogens is 1. The van der Waals surface area contributed by atoms with Gasteiger partial charge < -0.3 is 15.0 Å². The van der Waals surface area contributed by atoms with Crippen molar-refractivity contribution in [2.24, 2.45) is 0 Å². The number of rotatable bonds is 2. The lowest BCUT2D eigenvalue weighted by Crippen LogP contribution is -2.42. The predicted molar refractivity (Wildman–Crippen MR) is 78.6 cm³/mol. The molecule has 2 aromatic rings. The minimum absolute atomic E-state index is 0.108. The highest BCUT2D eigenvalue weighted by Gasteiger charge is 2.23. The second-order valence-electron chi connectivity index (χ2n) is 5.59. The first kappa shape index (κ1) is 13.2. The molecule has 106 valence electrons. The molecule has 1 aromatic carbocycles. The van der Waals surface area contributed by atoms with Crippen molar-refractivity contribution in [1.82, 2.24) is 9.88 Å². The number of carbonyl (C=O) groups excluding carboxylic acids is 1. The van der Waals surface area contributed by atoms with Gasteiger partial charge in [-0.05, 0) is 31.4 Å². The number of hydrogen-bond acceptors (Lipinski definition) is 2. The lowest BCUT2D eigenvalue weighted by molar-refractivity contribution is -0.133. The van der Waals surface area contributed by atoms with Gasteiger partial charge in [0.05, 0.1) is 12.5 Å². The fourth-order valence-electron chi connectivity index (χ4n) is 3.01. The van der Waals surface area contributed by atoms with Crippen molar-refractivity contribution in [2.45, 2.75) is 32.3 Å². The van der Waals surface area contributed by atoms with Crippen LogP contribution in [-0.2, 0) is 11.2 Å². The monoisotopic (exact) mass is 272 g/mol. The minimum Gasteiger partial charge on any atom is -0.391 e. The van der Waals surface area contributed by atoms with E-state index in [1.165, 1.54) is 0 Å². The number of nitrogens with one attached hydrogen (secondary N) is 1. The number of fused-ring (bicyclic) bond motifs is 1. The van der Waals surface area contributed by atoms with Crippen LogP contribution in [0.5, 0.6) is 0 Å². The summed E-state index contributed by atoms with van der Waals surface area (Å²) < 4.78 is 0. The highest BCUT2D eigenvalue weighted by Crippen LogP contribution is 2.23. The number of benzene rings is 1. The predicted octanol–water partition coefficient (Wildman–Crippen LogP) is 2.00. The van der Waals surface area contributed by atoms with Crippen molar-refractivity contribution in [2.75, 3.05) is 13.1 Å². The van der Waals surface area contributed by atoms with Gasteiger partial charge in [0.25, 0.3) is 0 Å². The molecule has 1 amide bonds. The maximum Gasteiger partial charge on any atom is 0.227 e. The van der Waals surface area contributed by atoms with Crippen molar-refractivity contribution in [3.63, 3.8) is 0 Å². The largest absolute Gasteiger partial charge is 0.391 e. The van der Waals surface area contributed by atoms with E-state index in [0.29, 0.717) is 13.0 Å². The number of H-pyrrole nitrogens is 1. The number of aromatic amines is 1. The maximum absolute atomic E-state index is 12.4. The second-order valence-corrected chi connectivity index (χ2v) is 5.59. The summed E-state index contributed by atoms with van der Waals surface area (Å²) in [4.78, 5) is 17.5. The molecule has 2 heterocycles. The Labute approximate surface area is 118 Å². The highest BCUT2D eigenvalue weighted by atomic mass is 16.3. The minimum atomic E-state index is -0.364. The third-order valence-corrected chi connectivity index (χ3v) is 4.10. The average molecular weight is 272 g/mol. The van der Waals surface area contributed by atoms with E-state index in [1.807, 2.05) is 31.2 Å². The van der Waals surface area contributed by atoms with E-state index in [1.54, 1.807) is 4.90 Å². The number of β-amino-alcohol motifs (C(OH)–C–C–N with tert-alkyl or cyclic N) is 1. The van der Waals surface area contributed by atoms with Gasteiger partial charge in [-0.2, -0.15) is 0 Å². The lowest BCUT2D eigenvalue weighted by Gasteiger charge is -2.30. The molecular weight excluding hydrogens is 252 g/mol. The Bertz CT molecular complexity index is 632. The third kappa shape index (κ3) is 2.43. The zero-order chi connectivity index (χ0) is 14.1. The summed E-state index contributed by atoms with van der Waals surface area (Å²) in [6.45, 7) is 3.24. The van der Waals surface area contributed by atoms with Crippen LogP contribution in [0, 0.1) is 6.92 Å². The van der Waals surface area contributed by atoms with Gasteiger partial charge in [-0.1, -0.05) is 18.2 Å². The van der Waals surface area contributed by atoms with E-state index in [0.717, 1.165) is 41.5 Å². The Morgan fingerprint density at radius 2 is 2.25 bits per heavy atom. The number of aryl methyl sites for hydroxylation is 1. The van der Waals surface area contributed by atoms with Crippen LogP contribution in [0.15, 0.2) is 24.3 Å². The van der Waals surface area contributed by atoms with Gasteiger partial charge in [0.1, 0.15) is 0 Å². The Hall–Kier alpha value is -1.81. The molecule has 0 aliphatic carbocycles. The Morgan fingerprint density at radius 3 is 3.05 bits per heavy atom. The molecule has 4 heteroatoms. The summed E-state index contributed by atoms with van der Waals surface area (Å²) in [6, 6.07) is 8.06. The van der Waals surface area contributed by atoms with Crippen LogP contribution < -0.4 is 0 Å². The number of aliphatic hydroxyl groups is 1. The number of piperidine rings is 1. The molecule has 1 atom stereocenters. The first-order chi connectivity index (χ1) is 9.65. The fraction of sp³-hybridized carbons (Fsp3) is 0.438. The van der Waals surface area contributed by atoms with Crippen LogP contribution in [0.1, 0.15) is 24.1 Å². The van der Waals surface area contributed by atoms with Crippen LogP contribution in [0.4, 0.5) is 0 Å². The first-order valence-corrected chi connectivity index (χ1v) is 7.17. The second kappa shape index (κ2) is 5.29. The van der Waals surface area contributed by atoms with Crippen LogP contribution in [-0.4, -0.2) is 40.1 Å². The molecule has 3 rings (SSSR count). The molecule has 0 bridgehead atoms.